The van der Waals surface area contributed by atoms with Crippen molar-refractivity contribution < 1.29 is 23.7 Å². The number of carbonyl (C=O) groups is 1. The summed E-state index contributed by atoms with van der Waals surface area (Å²) in [5.41, 5.74) is 1.51. The molecule has 4 aromatic rings. The monoisotopic (exact) mass is 519 g/mol. The van der Waals surface area contributed by atoms with Gasteiger partial charge in [-0.25, -0.2) is 4.79 Å². The topological polar surface area (TPSA) is 121 Å². The number of nitrogens with zero attached hydrogens (tertiary/aromatic N) is 1. The molecule has 1 heterocycles. The van der Waals surface area contributed by atoms with Gasteiger partial charge in [0.25, 0.3) is 11.5 Å². The highest BCUT2D eigenvalue weighted by Crippen LogP contribution is 2.30. The average molecular weight is 520 g/mol. The molecule has 2 N–H and O–H groups in total. The van der Waals surface area contributed by atoms with Gasteiger partial charge in [-0.3, -0.25) is 14.2 Å². The summed E-state index contributed by atoms with van der Waals surface area (Å²) in [6.07, 6.45) is 0.620. The maximum absolute atomic E-state index is 13.1. The highest BCUT2D eigenvalue weighted by Gasteiger charge is 2.14. The summed E-state index contributed by atoms with van der Waals surface area (Å²) in [6.45, 7) is 0.478. The molecule has 1 aromatic heterocycles. The van der Waals surface area contributed by atoms with Gasteiger partial charge in [0.05, 0.1) is 45.9 Å². The largest absolute Gasteiger partial charge is 0.493 e. The summed E-state index contributed by atoms with van der Waals surface area (Å²) >= 11 is 0. The molecule has 0 atom stereocenters. The molecule has 0 aliphatic rings. The van der Waals surface area contributed by atoms with Gasteiger partial charge in [0.15, 0.2) is 23.0 Å². The van der Waals surface area contributed by atoms with Crippen LogP contribution in [0.1, 0.15) is 21.5 Å². The Kier molecular flexibility index (Phi) is 8.00. The quantitative estimate of drug-likeness (QED) is 0.331. The van der Waals surface area contributed by atoms with Crippen molar-refractivity contribution in [2.45, 2.75) is 13.0 Å². The van der Waals surface area contributed by atoms with Crippen LogP contribution in [0.15, 0.2) is 64.2 Å². The lowest BCUT2D eigenvalue weighted by molar-refractivity contribution is 0.0954. The third kappa shape index (κ3) is 5.49. The van der Waals surface area contributed by atoms with E-state index in [9.17, 15) is 14.4 Å². The van der Waals surface area contributed by atoms with E-state index in [-0.39, 0.29) is 12.5 Å². The number of rotatable bonds is 10. The van der Waals surface area contributed by atoms with Crippen molar-refractivity contribution in [1.29, 1.82) is 0 Å². The van der Waals surface area contributed by atoms with Crippen LogP contribution in [0.2, 0.25) is 0 Å². The van der Waals surface area contributed by atoms with Crippen LogP contribution >= 0.6 is 0 Å². The smallest absolute Gasteiger partial charge is 0.329 e. The molecule has 0 unspecified atom stereocenters. The van der Waals surface area contributed by atoms with Gasteiger partial charge in [0.2, 0.25) is 0 Å². The molecule has 0 aliphatic heterocycles. The zero-order valence-corrected chi connectivity index (χ0v) is 21.6. The van der Waals surface area contributed by atoms with Crippen molar-refractivity contribution in [1.82, 2.24) is 14.9 Å². The third-order valence-corrected chi connectivity index (χ3v) is 6.19. The van der Waals surface area contributed by atoms with Crippen LogP contribution in [0.3, 0.4) is 0 Å². The van der Waals surface area contributed by atoms with Gasteiger partial charge in [-0.15, -0.1) is 0 Å². The number of hydrogen-bond acceptors (Lipinski definition) is 7. The minimum atomic E-state index is -0.549. The molecule has 0 bridgehead atoms. The Hall–Kier alpha value is -4.73. The molecule has 0 spiro atoms. The Bertz CT molecular complexity index is 1570. The first kappa shape index (κ1) is 26.3. The fraction of sp³-hybridized carbons (Fsp3) is 0.250. The maximum atomic E-state index is 13.1. The lowest BCUT2D eigenvalue weighted by Crippen LogP contribution is -2.35. The number of H-pyrrole nitrogens is 1. The van der Waals surface area contributed by atoms with Crippen molar-refractivity contribution in [3.8, 4) is 23.0 Å². The zero-order chi connectivity index (χ0) is 27.2. The first-order valence-corrected chi connectivity index (χ1v) is 11.9. The molecular weight excluding hydrogens is 490 g/mol. The van der Waals surface area contributed by atoms with Crippen LogP contribution in [-0.4, -0.2) is 50.4 Å². The van der Waals surface area contributed by atoms with E-state index in [4.69, 9.17) is 18.9 Å². The first-order valence-electron chi connectivity index (χ1n) is 11.9. The highest BCUT2D eigenvalue weighted by molar-refractivity contribution is 5.94. The Balaban J connectivity index is 1.44. The van der Waals surface area contributed by atoms with Gasteiger partial charge < -0.3 is 29.2 Å². The standard InChI is InChI=1S/C28H29N3O7/c1-35-22-10-7-17(13-23(22)36-2)11-12-29-26(32)19-8-5-18(6-9-19)16-31-27(33)20-14-24(37-3)25(38-4)15-21(20)30-28(31)34/h5-10,13-15H,11-12,16H2,1-4H3,(H,29,32)(H,30,34). The van der Waals surface area contributed by atoms with E-state index >= 15 is 0 Å². The second-order valence-corrected chi connectivity index (χ2v) is 8.47. The summed E-state index contributed by atoms with van der Waals surface area (Å²) in [5.74, 6) is 1.85. The number of methoxy groups -OCH3 is 4. The number of hydrogen-bond donors (Lipinski definition) is 2. The number of amides is 1. The Labute approximate surface area is 218 Å². The van der Waals surface area contributed by atoms with Gasteiger partial charge >= 0.3 is 5.69 Å². The van der Waals surface area contributed by atoms with Gasteiger partial charge in [-0.1, -0.05) is 18.2 Å². The van der Waals surface area contributed by atoms with Gasteiger partial charge in [0.1, 0.15) is 0 Å². The van der Waals surface area contributed by atoms with Crippen molar-refractivity contribution in [3.63, 3.8) is 0 Å². The molecule has 0 saturated heterocycles. The molecule has 10 nitrogen and oxygen atoms in total. The van der Waals surface area contributed by atoms with Crippen LogP contribution in [-0.2, 0) is 13.0 Å². The van der Waals surface area contributed by atoms with Gasteiger partial charge in [-0.2, -0.15) is 0 Å². The van der Waals surface area contributed by atoms with Gasteiger partial charge in [0, 0.05) is 18.2 Å². The average Bonchev–Trinajstić information content (AvgIpc) is 2.94. The number of benzene rings is 3. The van der Waals surface area contributed by atoms with E-state index in [1.165, 1.54) is 14.2 Å². The predicted octanol–water partition coefficient (Wildman–Crippen LogP) is 2.75. The molecule has 0 fully saturated rings. The third-order valence-electron chi connectivity index (χ3n) is 6.19. The van der Waals surface area contributed by atoms with E-state index in [1.54, 1.807) is 50.6 Å². The molecule has 3 aromatic carbocycles. The number of carbonyl (C=O) groups excluding carboxylic acids is 1. The predicted molar refractivity (Wildman–Crippen MR) is 143 cm³/mol. The maximum Gasteiger partial charge on any atom is 0.329 e. The van der Waals surface area contributed by atoms with Crippen LogP contribution in [0.5, 0.6) is 23.0 Å². The number of ether oxygens (including phenoxy) is 4. The summed E-state index contributed by atoms with van der Waals surface area (Å²) in [5, 5.41) is 3.20. The van der Waals surface area contributed by atoms with Crippen molar-refractivity contribution >= 4 is 16.8 Å². The molecule has 38 heavy (non-hydrogen) atoms. The molecule has 0 aliphatic carbocycles. The number of nitrogens with one attached hydrogen (secondary N) is 2. The Morgan fingerprint density at radius 2 is 1.39 bits per heavy atom. The summed E-state index contributed by atoms with van der Waals surface area (Å²) < 4.78 is 22.2. The minimum Gasteiger partial charge on any atom is -0.493 e. The molecule has 10 heteroatoms. The van der Waals surface area contributed by atoms with Crippen molar-refractivity contribution in [2.75, 3.05) is 35.0 Å². The first-order chi connectivity index (χ1) is 18.4. The normalized spacial score (nSPS) is 10.7. The zero-order valence-electron chi connectivity index (χ0n) is 21.6. The molecule has 198 valence electrons. The number of aromatic amines is 1. The van der Waals surface area contributed by atoms with Crippen LogP contribution in [0.4, 0.5) is 0 Å². The molecule has 1 amide bonds. The lowest BCUT2D eigenvalue weighted by Gasteiger charge is -2.11. The SMILES string of the molecule is COc1ccc(CCNC(=O)c2ccc(Cn3c(=O)[nH]c4cc(OC)c(OC)cc4c3=O)cc2)cc1OC. The Morgan fingerprint density at radius 1 is 0.789 bits per heavy atom. The van der Waals surface area contributed by atoms with Crippen LogP contribution in [0.25, 0.3) is 10.9 Å². The second kappa shape index (κ2) is 11.5. The second-order valence-electron chi connectivity index (χ2n) is 8.47. The van der Waals surface area contributed by atoms with Crippen molar-refractivity contribution in [3.05, 3.63) is 92.1 Å². The number of aromatic nitrogens is 2. The van der Waals surface area contributed by atoms with E-state index in [0.717, 1.165) is 10.1 Å². The summed E-state index contributed by atoms with van der Waals surface area (Å²) in [6, 6.07) is 15.5. The fourth-order valence-corrected chi connectivity index (χ4v) is 4.13. The molecule has 0 radical (unpaired) electrons. The van der Waals surface area contributed by atoms with Crippen LogP contribution in [0, 0.1) is 0 Å². The lowest BCUT2D eigenvalue weighted by atomic mass is 10.1. The molecule has 4 rings (SSSR count). The summed E-state index contributed by atoms with van der Waals surface area (Å²) in [7, 11) is 6.11. The van der Waals surface area contributed by atoms with E-state index in [2.05, 4.69) is 10.3 Å². The summed E-state index contributed by atoms with van der Waals surface area (Å²) in [4.78, 5) is 41.1. The van der Waals surface area contributed by atoms with Crippen molar-refractivity contribution in [2.24, 2.45) is 0 Å². The van der Waals surface area contributed by atoms with E-state index < -0.39 is 11.2 Å². The van der Waals surface area contributed by atoms with Crippen LogP contribution < -0.4 is 35.5 Å². The highest BCUT2D eigenvalue weighted by atomic mass is 16.5. The molecule has 0 saturated carbocycles. The Morgan fingerprint density at radius 3 is 2.05 bits per heavy atom. The molecular formula is C28H29N3O7. The van der Waals surface area contributed by atoms with E-state index in [0.29, 0.717) is 58.0 Å². The fourth-order valence-electron chi connectivity index (χ4n) is 4.13. The minimum absolute atomic E-state index is 0.0413. The van der Waals surface area contributed by atoms with E-state index in [1.807, 2.05) is 18.2 Å². The number of fused-ring (bicyclic) bond motifs is 1. The van der Waals surface area contributed by atoms with Gasteiger partial charge in [-0.05, 0) is 47.9 Å².